The maximum absolute atomic E-state index is 14.2. The van der Waals surface area contributed by atoms with Crippen LogP contribution in [-0.2, 0) is 25.6 Å². The van der Waals surface area contributed by atoms with Crippen LogP contribution < -0.4 is 10.2 Å². The fraction of sp³-hybridized carbons (Fsp3) is 0.211. The van der Waals surface area contributed by atoms with Crippen molar-refractivity contribution in [1.29, 1.82) is 0 Å². The van der Waals surface area contributed by atoms with Crippen molar-refractivity contribution in [2.45, 2.75) is 32.1 Å². The molecule has 4 atom stereocenters. The highest BCUT2D eigenvalue weighted by Gasteiger charge is 2.56. The fourth-order valence-electron chi connectivity index (χ4n) is 7.54. The molecule has 0 spiro atoms. The highest BCUT2D eigenvalue weighted by molar-refractivity contribution is 6.25. The van der Waals surface area contributed by atoms with E-state index in [1.165, 1.54) is 11.0 Å². The Hall–Kier alpha value is -5.30. The first-order chi connectivity index (χ1) is 21.8. The number of aromatic hydroxyl groups is 1. The van der Waals surface area contributed by atoms with Gasteiger partial charge in [0.2, 0.25) is 11.8 Å². The Bertz CT molecular complexity index is 1880. The number of amides is 2. The zero-order valence-electron chi connectivity index (χ0n) is 24.8. The molecule has 0 bridgehead atoms. The highest BCUT2D eigenvalue weighted by atomic mass is 16.3. The van der Waals surface area contributed by atoms with Crippen molar-refractivity contribution in [3.8, 4) is 5.75 Å². The average Bonchev–Trinajstić information content (AvgIpc) is 3.30. The number of ketones is 2. The molecule has 2 amide bonds. The molecule has 7 heteroatoms. The van der Waals surface area contributed by atoms with Gasteiger partial charge in [-0.1, -0.05) is 54.1 Å². The lowest BCUT2D eigenvalue weighted by atomic mass is 9.59. The molecule has 224 valence electrons. The lowest BCUT2D eigenvalue weighted by Crippen LogP contribution is -2.39. The number of fused-ring (bicyclic) bond motifs is 3. The Morgan fingerprint density at radius 3 is 2.38 bits per heavy atom. The summed E-state index contributed by atoms with van der Waals surface area (Å²) in [5.74, 6) is -3.47. The molecule has 7 rings (SSSR count). The Morgan fingerprint density at radius 1 is 0.911 bits per heavy atom. The number of anilines is 3. The smallest absolute Gasteiger partial charge is 0.238 e. The molecule has 1 aliphatic heterocycles. The first kappa shape index (κ1) is 28.5. The van der Waals surface area contributed by atoms with Gasteiger partial charge < -0.3 is 10.4 Å². The zero-order chi connectivity index (χ0) is 31.4. The van der Waals surface area contributed by atoms with Crippen molar-refractivity contribution in [2.75, 3.05) is 10.2 Å². The molecule has 1 saturated heterocycles. The number of Topliss-reactive ketones (excluding diaryl/α,β-unsaturated/α-hetero) is 1. The summed E-state index contributed by atoms with van der Waals surface area (Å²) in [6.45, 7) is 5.42. The van der Waals surface area contributed by atoms with Crippen LogP contribution in [0.1, 0.15) is 36.8 Å². The lowest BCUT2D eigenvalue weighted by molar-refractivity contribution is -0.123. The van der Waals surface area contributed by atoms with Crippen LogP contribution in [-0.4, -0.2) is 28.5 Å². The van der Waals surface area contributed by atoms with E-state index in [-0.39, 0.29) is 35.6 Å². The first-order valence-corrected chi connectivity index (χ1v) is 15.2. The number of hydrogen-bond acceptors (Lipinski definition) is 6. The number of para-hydroxylation sites is 2. The number of allylic oxidation sites excluding steroid dienone is 7. The summed E-state index contributed by atoms with van der Waals surface area (Å²) in [5, 5.41) is 14.7. The second-order valence-electron chi connectivity index (χ2n) is 12.1. The summed E-state index contributed by atoms with van der Waals surface area (Å²) in [4.78, 5) is 56.4. The largest absolute Gasteiger partial charge is 0.507 e. The number of phenolic OH excluding ortho intramolecular Hbond substituents is 1. The maximum Gasteiger partial charge on any atom is 0.238 e. The van der Waals surface area contributed by atoms with Crippen molar-refractivity contribution in [1.82, 2.24) is 0 Å². The minimum Gasteiger partial charge on any atom is -0.507 e. The molecule has 1 fully saturated rings. The van der Waals surface area contributed by atoms with Gasteiger partial charge in [-0.3, -0.25) is 24.1 Å². The lowest BCUT2D eigenvalue weighted by Gasteiger charge is -2.42. The standard InChI is InChI=1S/C38H32N2O5/c1-3-8-22-9-7-12-27(36(22)43)32-26-17-18-28-33(29(26)20-30-34(32)31(41)19-21(2)35(30)42)38(45)40(37(28)44)25-15-13-24(14-16-25)39-23-10-5-4-6-11-23/h3-7,9-17,19,28-29,32-33,39,43H,1,8,18,20H2,2H3. The minimum absolute atomic E-state index is 0.0455. The van der Waals surface area contributed by atoms with Crippen LogP contribution in [0.3, 0.4) is 0 Å². The predicted octanol–water partition coefficient (Wildman–Crippen LogP) is 6.50. The molecule has 0 aromatic heterocycles. The second kappa shape index (κ2) is 11.0. The van der Waals surface area contributed by atoms with E-state index in [9.17, 15) is 24.3 Å². The molecule has 3 aliphatic carbocycles. The van der Waals surface area contributed by atoms with E-state index in [2.05, 4.69) is 11.9 Å². The number of imide groups is 1. The van der Waals surface area contributed by atoms with Crippen molar-refractivity contribution in [2.24, 2.45) is 17.8 Å². The van der Waals surface area contributed by atoms with Gasteiger partial charge in [-0.05, 0) is 80.1 Å². The van der Waals surface area contributed by atoms with E-state index in [4.69, 9.17) is 0 Å². The van der Waals surface area contributed by atoms with E-state index < -0.39 is 23.7 Å². The van der Waals surface area contributed by atoms with Gasteiger partial charge in [-0.2, -0.15) is 0 Å². The Kier molecular flexibility index (Phi) is 6.96. The topological polar surface area (TPSA) is 104 Å². The van der Waals surface area contributed by atoms with E-state index in [1.807, 2.05) is 54.6 Å². The molecule has 0 saturated carbocycles. The van der Waals surface area contributed by atoms with Crippen LogP contribution in [0.2, 0.25) is 0 Å². The minimum atomic E-state index is -0.703. The summed E-state index contributed by atoms with van der Waals surface area (Å²) in [6.07, 6.45) is 5.97. The normalized spacial score (nSPS) is 24.1. The number of benzene rings is 3. The van der Waals surface area contributed by atoms with Gasteiger partial charge in [0.05, 0.1) is 17.5 Å². The second-order valence-corrected chi connectivity index (χ2v) is 12.1. The van der Waals surface area contributed by atoms with Crippen LogP contribution in [0.15, 0.2) is 120 Å². The maximum atomic E-state index is 14.2. The van der Waals surface area contributed by atoms with Crippen LogP contribution >= 0.6 is 0 Å². The zero-order valence-corrected chi connectivity index (χ0v) is 24.8. The molecule has 2 N–H and O–H groups in total. The third-order valence-corrected chi connectivity index (χ3v) is 9.58. The fourth-order valence-corrected chi connectivity index (χ4v) is 7.54. The van der Waals surface area contributed by atoms with Gasteiger partial charge in [0, 0.05) is 39.6 Å². The van der Waals surface area contributed by atoms with Gasteiger partial charge >= 0.3 is 0 Å². The quantitative estimate of drug-likeness (QED) is 0.191. The SMILES string of the molecule is C=CCc1cccc(C2C3=CCC4C(=O)N(c5ccc(Nc6ccccc6)cc5)C(=O)C4C3CC3=C2C(=O)C=C(C)C3=O)c1O. The Morgan fingerprint density at radius 2 is 1.64 bits per heavy atom. The first-order valence-electron chi connectivity index (χ1n) is 15.2. The molecule has 4 aliphatic rings. The number of nitrogens with one attached hydrogen (secondary N) is 1. The Balaban J connectivity index is 1.27. The van der Waals surface area contributed by atoms with Gasteiger partial charge in [0.25, 0.3) is 0 Å². The van der Waals surface area contributed by atoms with E-state index >= 15 is 0 Å². The van der Waals surface area contributed by atoms with Crippen LogP contribution in [0, 0.1) is 17.8 Å². The van der Waals surface area contributed by atoms with Gasteiger partial charge in [-0.25, -0.2) is 0 Å². The summed E-state index contributed by atoms with van der Waals surface area (Å²) in [6, 6.07) is 22.3. The predicted molar refractivity (Wildman–Crippen MR) is 172 cm³/mol. The van der Waals surface area contributed by atoms with Crippen LogP contribution in [0.5, 0.6) is 5.75 Å². The van der Waals surface area contributed by atoms with E-state index in [0.717, 1.165) is 16.9 Å². The Labute approximate surface area is 261 Å². The molecule has 3 aromatic rings. The number of carbonyl (C=O) groups excluding carboxylic acids is 4. The van der Waals surface area contributed by atoms with Crippen molar-refractivity contribution in [3.63, 3.8) is 0 Å². The molecule has 0 radical (unpaired) electrons. The number of carbonyl (C=O) groups is 4. The van der Waals surface area contributed by atoms with Crippen molar-refractivity contribution < 1.29 is 24.3 Å². The van der Waals surface area contributed by atoms with Gasteiger partial charge in [0.15, 0.2) is 11.6 Å². The number of phenols is 1. The molecule has 7 nitrogen and oxygen atoms in total. The average molecular weight is 597 g/mol. The van der Waals surface area contributed by atoms with Crippen molar-refractivity contribution >= 4 is 40.4 Å². The highest BCUT2D eigenvalue weighted by Crippen LogP contribution is 2.56. The van der Waals surface area contributed by atoms with Crippen LogP contribution in [0.4, 0.5) is 17.1 Å². The molecule has 1 heterocycles. The third-order valence-electron chi connectivity index (χ3n) is 9.58. The van der Waals surface area contributed by atoms with E-state index in [1.54, 1.807) is 37.3 Å². The number of rotatable bonds is 6. The monoisotopic (exact) mass is 596 g/mol. The number of hydrogen-bond donors (Lipinski definition) is 2. The van der Waals surface area contributed by atoms with Gasteiger partial charge in [-0.15, -0.1) is 6.58 Å². The molecule has 4 unspecified atom stereocenters. The van der Waals surface area contributed by atoms with Gasteiger partial charge in [0.1, 0.15) is 5.75 Å². The van der Waals surface area contributed by atoms with E-state index in [0.29, 0.717) is 46.4 Å². The molecule has 3 aromatic carbocycles. The summed E-state index contributed by atoms with van der Waals surface area (Å²) < 4.78 is 0. The molecule has 45 heavy (non-hydrogen) atoms. The summed E-state index contributed by atoms with van der Waals surface area (Å²) in [5.41, 5.74) is 5.29. The summed E-state index contributed by atoms with van der Waals surface area (Å²) >= 11 is 0. The molecular formula is C38H32N2O5. The van der Waals surface area contributed by atoms with Crippen LogP contribution in [0.25, 0.3) is 0 Å². The van der Waals surface area contributed by atoms with Crippen molar-refractivity contribution in [3.05, 3.63) is 131 Å². The molecular weight excluding hydrogens is 564 g/mol. The summed E-state index contributed by atoms with van der Waals surface area (Å²) in [7, 11) is 0. The number of nitrogens with zero attached hydrogens (tertiary/aromatic N) is 1. The third kappa shape index (κ3) is 4.58.